The van der Waals surface area contributed by atoms with E-state index in [1.54, 1.807) is 24.4 Å². The van der Waals surface area contributed by atoms with Crippen LogP contribution in [0.2, 0.25) is 5.02 Å². The summed E-state index contributed by atoms with van der Waals surface area (Å²) in [7, 11) is 0. The molecule has 0 fully saturated rings. The minimum Gasteiger partial charge on any atom is -0.380 e. The molecule has 1 aromatic heterocycles. The molecule has 0 bridgehead atoms. The molecule has 0 aliphatic rings. The van der Waals surface area contributed by atoms with E-state index in [0.29, 0.717) is 17.1 Å². The SMILES string of the molecule is N#Cc1ccc(Cl)c(NCc2cccc3cnccc23)c1. The second-order valence-electron chi connectivity index (χ2n) is 4.67. The molecule has 1 heterocycles. The molecular weight excluding hydrogens is 282 g/mol. The van der Waals surface area contributed by atoms with Crippen molar-refractivity contribution in [3.8, 4) is 6.07 Å². The first-order valence-electron chi connectivity index (χ1n) is 6.53. The Labute approximate surface area is 127 Å². The van der Waals surface area contributed by atoms with Crippen molar-refractivity contribution < 1.29 is 0 Å². The summed E-state index contributed by atoms with van der Waals surface area (Å²) in [5.41, 5.74) is 2.51. The minimum absolute atomic E-state index is 0.587. The molecule has 0 radical (unpaired) electrons. The zero-order valence-corrected chi connectivity index (χ0v) is 11.9. The van der Waals surface area contributed by atoms with E-state index in [-0.39, 0.29) is 0 Å². The lowest BCUT2D eigenvalue weighted by molar-refractivity contribution is 1.16. The lowest BCUT2D eigenvalue weighted by atomic mass is 10.1. The third-order valence-electron chi connectivity index (χ3n) is 3.34. The average molecular weight is 294 g/mol. The van der Waals surface area contributed by atoms with Crippen molar-refractivity contribution in [1.29, 1.82) is 5.26 Å². The van der Waals surface area contributed by atoms with Crippen molar-refractivity contribution in [2.75, 3.05) is 5.32 Å². The molecule has 1 N–H and O–H groups in total. The zero-order valence-electron chi connectivity index (χ0n) is 11.2. The molecule has 4 heteroatoms. The standard InChI is InChI=1S/C17H12ClN3/c18-16-5-4-12(9-19)8-17(16)21-11-14-3-1-2-13-10-20-7-6-15(13)14/h1-8,10,21H,11H2. The number of hydrogen-bond acceptors (Lipinski definition) is 3. The van der Waals surface area contributed by atoms with Crippen molar-refractivity contribution in [3.63, 3.8) is 0 Å². The summed E-state index contributed by atoms with van der Waals surface area (Å²) in [5, 5.41) is 15.1. The summed E-state index contributed by atoms with van der Waals surface area (Å²) in [6.45, 7) is 0.635. The molecule has 0 atom stereocenters. The fourth-order valence-electron chi connectivity index (χ4n) is 2.26. The molecule has 2 aromatic carbocycles. The Morgan fingerprint density at radius 3 is 2.95 bits per heavy atom. The van der Waals surface area contributed by atoms with Crippen LogP contribution < -0.4 is 5.32 Å². The summed E-state index contributed by atoms with van der Waals surface area (Å²) in [4.78, 5) is 4.13. The molecule has 0 aliphatic carbocycles. The van der Waals surface area contributed by atoms with E-state index in [1.807, 2.05) is 24.4 Å². The summed E-state index contributed by atoms with van der Waals surface area (Å²) in [6, 6.07) is 15.4. The summed E-state index contributed by atoms with van der Waals surface area (Å²) < 4.78 is 0. The van der Waals surface area contributed by atoms with Gasteiger partial charge in [-0.2, -0.15) is 5.26 Å². The first kappa shape index (κ1) is 13.4. The molecule has 0 unspecified atom stereocenters. The maximum absolute atomic E-state index is 8.95. The molecule has 0 saturated heterocycles. The number of pyridine rings is 1. The highest BCUT2D eigenvalue weighted by Crippen LogP contribution is 2.25. The van der Waals surface area contributed by atoms with Gasteiger partial charge < -0.3 is 5.32 Å². The Kier molecular flexibility index (Phi) is 3.72. The Bertz CT molecular complexity index is 832. The van der Waals surface area contributed by atoms with Crippen LogP contribution in [0, 0.1) is 11.3 Å². The van der Waals surface area contributed by atoms with E-state index in [0.717, 1.165) is 22.0 Å². The molecule has 21 heavy (non-hydrogen) atoms. The lowest BCUT2D eigenvalue weighted by Crippen LogP contribution is -2.01. The lowest BCUT2D eigenvalue weighted by Gasteiger charge is -2.11. The van der Waals surface area contributed by atoms with Crippen LogP contribution in [0.1, 0.15) is 11.1 Å². The first-order valence-corrected chi connectivity index (χ1v) is 6.91. The van der Waals surface area contributed by atoms with Crippen molar-refractivity contribution in [2.24, 2.45) is 0 Å². The number of aromatic nitrogens is 1. The molecule has 0 amide bonds. The zero-order chi connectivity index (χ0) is 14.7. The number of nitriles is 1. The third kappa shape index (κ3) is 2.81. The largest absolute Gasteiger partial charge is 0.380 e. The maximum atomic E-state index is 8.95. The molecule has 0 aliphatic heterocycles. The predicted molar refractivity (Wildman–Crippen MR) is 85.2 cm³/mol. The fraction of sp³-hybridized carbons (Fsp3) is 0.0588. The predicted octanol–water partition coefficient (Wildman–Crippen LogP) is 4.37. The van der Waals surface area contributed by atoms with Crippen LogP contribution in [0.25, 0.3) is 10.8 Å². The van der Waals surface area contributed by atoms with E-state index in [1.165, 1.54) is 0 Å². The molecule has 3 nitrogen and oxygen atoms in total. The van der Waals surface area contributed by atoms with Gasteiger partial charge in [0.1, 0.15) is 0 Å². The van der Waals surface area contributed by atoms with Gasteiger partial charge in [0.05, 0.1) is 22.3 Å². The van der Waals surface area contributed by atoms with Gasteiger partial charge >= 0.3 is 0 Å². The number of benzene rings is 2. The summed E-state index contributed by atoms with van der Waals surface area (Å²) >= 11 is 6.16. The second-order valence-corrected chi connectivity index (χ2v) is 5.08. The van der Waals surface area contributed by atoms with Crippen LogP contribution in [-0.2, 0) is 6.54 Å². The molecule has 3 aromatic rings. The van der Waals surface area contributed by atoms with Crippen molar-refractivity contribution in [2.45, 2.75) is 6.54 Å². The topological polar surface area (TPSA) is 48.7 Å². The molecule has 3 rings (SSSR count). The van der Waals surface area contributed by atoms with Gasteiger partial charge in [0.15, 0.2) is 0 Å². The van der Waals surface area contributed by atoms with Gasteiger partial charge in [0, 0.05) is 24.3 Å². The third-order valence-corrected chi connectivity index (χ3v) is 3.67. The van der Waals surface area contributed by atoms with Crippen LogP contribution in [0.4, 0.5) is 5.69 Å². The number of halogens is 1. The Balaban J connectivity index is 1.89. The molecule has 102 valence electrons. The number of fused-ring (bicyclic) bond motifs is 1. The molecular formula is C17H12ClN3. The average Bonchev–Trinajstić information content (AvgIpc) is 2.54. The van der Waals surface area contributed by atoms with Gasteiger partial charge in [-0.1, -0.05) is 29.8 Å². The van der Waals surface area contributed by atoms with Gasteiger partial charge in [-0.15, -0.1) is 0 Å². The number of nitrogens with zero attached hydrogens (tertiary/aromatic N) is 2. The highest BCUT2D eigenvalue weighted by molar-refractivity contribution is 6.33. The van der Waals surface area contributed by atoms with Crippen LogP contribution in [0.5, 0.6) is 0 Å². The number of anilines is 1. The minimum atomic E-state index is 0.587. The van der Waals surface area contributed by atoms with Crippen LogP contribution in [-0.4, -0.2) is 4.98 Å². The van der Waals surface area contributed by atoms with Crippen molar-refractivity contribution in [1.82, 2.24) is 4.98 Å². The van der Waals surface area contributed by atoms with Gasteiger partial charge in [0.25, 0.3) is 0 Å². The van der Waals surface area contributed by atoms with E-state index in [2.05, 4.69) is 22.4 Å². The monoisotopic (exact) mass is 293 g/mol. The highest BCUT2D eigenvalue weighted by Gasteiger charge is 2.04. The number of nitrogens with one attached hydrogen (secondary N) is 1. The Hall–Kier alpha value is -2.57. The van der Waals surface area contributed by atoms with Crippen LogP contribution in [0.3, 0.4) is 0 Å². The quantitative estimate of drug-likeness (QED) is 0.780. The van der Waals surface area contributed by atoms with Gasteiger partial charge in [-0.05, 0) is 35.2 Å². The van der Waals surface area contributed by atoms with Gasteiger partial charge in [-0.25, -0.2) is 0 Å². The van der Waals surface area contributed by atoms with E-state index < -0.39 is 0 Å². The smallest absolute Gasteiger partial charge is 0.0992 e. The normalized spacial score (nSPS) is 10.3. The van der Waals surface area contributed by atoms with E-state index in [9.17, 15) is 0 Å². The van der Waals surface area contributed by atoms with Crippen LogP contribution >= 0.6 is 11.6 Å². The molecule has 0 spiro atoms. The first-order chi connectivity index (χ1) is 10.3. The second kappa shape index (κ2) is 5.82. The Morgan fingerprint density at radius 2 is 2.10 bits per heavy atom. The van der Waals surface area contributed by atoms with E-state index >= 15 is 0 Å². The van der Waals surface area contributed by atoms with Gasteiger partial charge in [-0.3, -0.25) is 4.98 Å². The van der Waals surface area contributed by atoms with E-state index in [4.69, 9.17) is 16.9 Å². The Morgan fingerprint density at radius 1 is 1.19 bits per heavy atom. The van der Waals surface area contributed by atoms with Gasteiger partial charge in [0.2, 0.25) is 0 Å². The molecule has 0 saturated carbocycles. The van der Waals surface area contributed by atoms with Crippen LogP contribution in [0.15, 0.2) is 54.9 Å². The highest BCUT2D eigenvalue weighted by atomic mass is 35.5. The number of rotatable bonds is 3. The maximum Gasteiger partial charge on any atom is 0.0992 e. The van der Waals surface area contributed by atoms with Crippen molar-refractivity contribution in [3.05, 3.63) is 71.0 Å². The summed E-state index contributed by atoms with van der Waals surface area (Å²) in [6.07, 6.45) is 3.64. The fourth-order valence-corrected chi connectivity index (χ4v) is 2.45. The van der Waals surface area contributed by atoms with Crippen molar-refractivity contribution >= 4 is 28.1 Å². The summed E-state index contributed by atoms with van der Waals surface area (Å²) in [5.74, 6) is 0. The number of hydrogen-bond donors (Lipinski definition) is 1.